The van der Waals surface area contributed by atoms with Crippen molar-refractivity contribution in [3.05, 3.63) is 23.9 Å². The molecule has 0 aromatic carbocycles. The van der Waals surface area contributed by atoms with Crippen LogP contribution >= 0.6 is 0 Å². The minimum Gasteiger partial charge on any atom is -0.388 e. The summed E-state index contributed by atoms with van der Waals surface area (Å²) in [5.41, 5.74) is 6.64. The zero-order valence-corrected chi connectivity index (χ0v) is 9.34. The normalized spacial score (nSPS) is 34.2. The second-order valence-corrected chi connectivity index (χ2v) is 5.26. The van der Waals surface area contributed by atoms with Crippen LogP contribution in [0.5, 0.6) is 0 Å². The van der Waals surface area contributed by atoms with Gasteiger partial charge in [-0.25, -0.2) is 4.98 Å². The Morgan fingerprint density at radius 2 is 2.25 bits per heavy atom. The molecule has 86 valence electrons. The van der Waals surface area contributed by atoms with E-state index in [0.717, 1.165) is 11.5 Å². The number of aromatic nitrogens is 1. The first-order chi connectivity index (χ1) is 7.75. The molecule has 0 saturated heterocycles. The Balaban J connectivity index is 1.83. The molecule has 0 radical (unpaired) electrons. The largest absolute Gasteiger partial charge is 0.388 e. The smallest absolute Gasteiger partial charge is 0.129 e. The third-order valence-corrected chi connectivity index (χ3v) is 4.39. The number of aliphatic hydroxyl groups excluding tert-OH is 1. The van der Waals surface area contributed by atoms with Gasteiger partial charge in [-0.1, -0.05) is 12.5 Å². The third-order valence-electron chi connectivity index (χ3n) is 4.39. The van der Waals surface area contributed by atoms with Crippen LogP contribution in [0.4, 0.5) is 5.82 Å². The number of nitrogens with two attached hydrogens (primary N) is 1. The predicted molar refractivity (Wildman–Crippen MR) is 62.5 cm³/mol. The Labute approximate surface area is 95.7 Å². The molecule has 0 amide bonds. The summed E-state index contributed by atoms with van der Waals surface area (Å²) < 4.78 is 0. The van der Waals surface area contributed by atoms with Crippen molar-refractivity contribution in [3.8, 4) is 0 Å². The number of pyridine rings is 1. The van der Waals surface area contributed by atoms with Crippen LogP contribution in [0.2, 0.25) is 0 Å². The van der Waals surface area contributed by atoms with Crippen molar-refractivity contribution >= 4 is 5.82 Å². The Morgan fingerprint density at radius 1 is 1.38 bits per heavy atom. The molecule has 0 spiro atoms. The van der Waals surface area contributed by atoms with E-state index < -0.39 is 6.10 Å². The minimum absolute atomic E-state index is 0.408. The molecule has 3 nitrogen and oxygen atoms in total. The predicted octanol–water partition coefficient (Wildman–Crippen LogP) is 2.13. The van der Waals surface area contributed by atoms with Crippen LogP contribution in [0, 0.1) is 17.8 Å². The molecule has 1 aromatic rings. The number of rotatable bonds is 2. The molecule has 4 unspecified atom stereocenters. The average molecular weight is 218 g/mol. The van der Waals surface area contributed by atoms with E-state index in [1.807, 2.05) is 12.1 Å². The summed E-state index contributed by atoms with van der Waals surface area (Å²) in [6, 6.07) is 3.75. The van der Waals surface area contributed by atoms with Crippen LogP contribution in [0.25, 0.3) is 0 Å². The van der Waals surface area contributed by atoms with Crippen LogP contribution in [-0.4, -0.2) is 10.1 Å². The van der Waals surface area contributed by atoms with Crippen LogP contribution in [-0.2, 0) is 0 Å². The quantitative estimate of drug-likeness (QED) is 0.799. The molecular formula is C13H18N2O. The van der Waals surface area contributed by atoms with Crippen molar-refractivity contribution in [2.45, 2.75) is 31.8 Å². The molecule has 2 fully saturated rings. The average Bonchev–Trinajstić information content (AvgIpc) is 2.90. The van der Waals surface area contributed by atoms with Gasteiger partial charge in [0.05, 0.1) is 6.10 Å². The van der Waals surface area contributed by atoms with E-state index in [9.17, 15) is 5.11 Å². The molecular weight excluding hydrogens is 200 g/mol. The molecule has 4 atom stereocenters. The molecule has 3 heteroatoms. The summed E-state index contributed by atoms with van der Waals surface area (Å²) in [7, 11) is 0. The lowest BCUT2D eigenvalue weighted by Crippen LogP contribution is -2.20. The summed E-state index contributed by atoms with van der Waals surface area (Å²) in [5, 5.41) is 10.4. The standard InChI is InChI=1S/C13H18N2O/c14-13-10(2-1-5-15-13)12(16)11-7-8-3-4-9(11)6-8/h1-2,5,8-9,11-12,16H,3-4,6-7H2,(H2,14,15). The van der Waals surface area contributed by atoms with Crippen molar-refractivity contribution in [3.63, 3.8) is 0 Å². The first kappa shape index (κ1) is 10.1. The van der Waals surface area contributed by atoms with E-state index in [0.29, 0.717) is 17.7 Å². The molecule has 2 aliphatic rings. The third kappa shape index (κ3) is 1.50. The van der Waals surface area contributed by atoms with Gasteiger partial charge in [-0.2, -0.15) is 0 Å². The van der Waals surface area contributed by atoms with Crippen molar-refractivity contribution in [1.82, 2.24) is 4.98 Å². The molecule has 3 N–H and O–H groups in total. The highest BCUT2D eigenvalue weighted by molar-refractivity contribution is 5.40. The Morgan fingerprint density at radius 3 is 2.88 bits per heavy atom. The summed E-state index contributed by atoms with van der Waals surface area (Å²) in [6.07, 6.45) is 6.38. The van der Waals surface area contributed by atoms with E-state index >= 15 is 0 Å². The first-order valence-electron chi connectivity index (χ1n) is 6.14. The Hall–Kier alpha value is -1.09. The number of fused-ring (bicyclic) bond motifs is 2. The van der Waals surface area contributed by atoms with Crippen molar-refractivity contribution in [2.24, 2.45) is 17.8 Å². The topological polar surface area (TPSA) is 59.1 Å². The second kappa shape index (κ2) is 3.74. The van der Waals surface area contributed by atoms with Gasteiger partial charge in [-0.05, 0) is 43.1 Å². The van der Waals surface area contributed by atoms with Crippen molar-refractivity contribution < 1.29 is 5.11 Å². The minimum atomic E-state index is -0.413. The highest BCUT2D eigenvalue weighted by atomic mass is 16.3. The van der Waals surface area contributed by atoms with Gasteiger partial charge < -0.3 is 10.8 Å². The van der Waals surface area contributed by atoms with Gasteiger partial charge in [-0.3, -0.25) is 0 Å². The number of aliphatic hydroxyl groups is 1. The van der Waals surface area contributed by atoms with Gasteiger partial charge in [0.25, 0.3) is 0 Å². The van der Waals surface area contributed by atoms with Gasteiger partial charge in [0.15, 0.2) is 0 Å². The second-order valence-electron chi connectivity index (χ2n) is 5.26. The first-order valence-corrected chi connectivity index (χ1v) is 6.14. The highest BCUT2D eigenvalue weighted by Gasteiger charge is 2.43. The molecule has 1 heterocycles. The molecule has 2 bridgehead atoms. The van der Waals surface area contributed by atoms with Crippen LogP contribution < -0.4 is 5.73 Å². The molecule has 1 aromatic heterocycles. The van der Waals surface area contributed by atoms with Crippen molar-refractivity contribution in [1.29, 1.82) is 0 Å². The van der Waals surface area contributed by atoms with E-state index in [4.69, 9.17) is 5.73 Å². The van der Waals surface area contributed by atoms with Gasteiger partial charge in [0.1, 0.15) is 5.82 Å². The van der Waals surface area contributed by atoms with Gasteiger partial charge >= 0.3 is 0 Å². The lowest BCUT2D eigenvalue weighted by atomic mass is 9.82. The zero-order chi connectivity index (χ0) is 11.1. The van der Waals surface area contributed by atoms with E-state index in [2.05, 4.69) is 4.98 Å². The van der Waals surface area contributed by atoms with Gasteiger partial charge in [0, 0.05) is 11.8 Å². The Kier molecular flexibility index (Phi) is 2.36. The summed E-state index contributed by atoms with van der Waals surface area (Å²) in [6.45, 7) is 0. The number of nitrogens with zero attached hydrogens (tertiary/aromatic N) is 1. The highest BCUT2D eigenvalue weighted by Crippen LogP contribution is 2.52. The van der Waals surface area contributed by atoms with Crippen LogP contribution in [0.3, 0.4) is 0 Å². The molecule has 3 rings (SSSR count). The maximum Gasteiger partial charge on any atom is 0.129 e. The van der Waals surface area contributed by atoms with Crippen LogP contribution in [0.15, 0.2) is 18.3 Å². The zero-order valence-electron chi connectivity index (χ0n) is 9.34. The number of anilines is 1. The molecule has 16 heavy (non-hydrogen) atoms. The summed E-state index contributed by atoms with van der Waals surface area (Å²) in [4.78, 5) is 4.05. The summed E-state index contributed by atoms with van der Waals surface area (Å²) in [5.74, 6) is 2.45. The maximum atomic E-state index is 10.4. The monoisotopic (exact) mass is 218 g/mol. The molecule has 2 saturated carbocycles. The number of hydrogen-bond donors (Lipinski definition) is 2. The lowest BCUT2D eigenvalue weighted by molar-refractivity contribution is 0.0749. The number of nitrogen functional groups attached to an aromatic ring is 1. The molecule has 2 aliphatic carbocycles. The lowest BCUT2D eigenvalue weighted by Gasteiger charge is -2.27. The van der Waals surface area contributed by atoms with E-state index in [1.54, 1.807) is 6.20 Å². The van der Waals surface area contributed by atoms with Gasteiger partial charge in [0.2, 0.25) is 0 Å². The maximum absolute atomic E-state index is 10.4. The fourth-order valence-corrected chi connectivity index (χ4v) is 3.59. The van der Waals surface area contributed by atoms with E-state index in [1.165, 1.54) is 25.7 Å². The van der Waals surface area contributed by atoms with Crippen molar-refractivity contribution in [2.75, 3.05) is 5.73 Å². The summed E-state index contributed by atoms with van der Waals surface area (Å²) >= 11 is 0. The fourth-order valence-electron chi connectivity index (χ4n) is 3.59. The van der Waals surface area contributed by atoms with E-state index in [-0.39, 0.29) is 0 Å². The van der Waals surface area contributed by atoms with Crippen LogP contribution in [0.1, 0.15) is 37.4 Å². The number of hydrogen-bond acceptors (Lipinski definition) is 3. The SMILES string of the molecule is Nc1ncccc1C(O)C1CC2CCC1C2. The van der Waals surface area contributed by atoms with Gasteiger partial charge in [-0.15, -0.1) is 0 Å². The Bertz CT molecular complexity index is 393. The fraction of sp³-hybridized carbons (Fsp3) is 0.615. The molecule has 0 aliphatic heterocycles.